The maximum atomic E-state index is 2.44. The van der Waals surface area contributed by atoms with Gasteiger partial charge in [0.1, 0.15) is 0 Å². The molecule has 1 aliphatic carbocycles. The van der Waals surface area contributed by atoms with Gasteiger partial charge in [0.25, 0.3) is 0 Å². The molecule has 0 aromatic heterocycles. The molecule has 0 spiro atoms. The van der Waals surface area contributed by atoms with Crippen molar-refractivity contribution >= 4 is 0 Å². The largest absolute Gasteiger partial charge is 0.0911 e. The highest BCUT2D eigenvalue weighted by Gasteiger charge is 2.23. The zero-order valence-corrected chi connectivity index (χ0v) is 7.80. The van der Waals surface area contributed by atoms with Gasteiger partial charge in [-0.3, -0.25) is 0 Å². The van der Waals surface area contributed by atoms with E-state index in [-0.39, 0.29) is 0 Å². The number of rotatable bonds is 3. The Morgan fingerprint density at radius 3 is 2.64 bits per heavy atom. The molecule has 0 N–H and O–H groups in total. The van der Waals surface area contributed by atoms with E-state index in [2.05, 4.69) is 39.0 Å². The summed E-state index contributed by atoms with van der Waals surface area (Å²) in [5.41, 5.74) is 1.66. The van der Waals surface area contributed by atoms with Gasteiger partial charge >= 0.3 is 0 Å². The minimum absolute atomic E-state index is 0.694. The maximum absolute atomic E-state index is 2.44. The van der Waals surface area contributed by atoms with E-state index in [9.17, 15) is 0 Å². The lowest BCUT2D eigenvalue weighted by molar-refractivity contribution is 0.769. The van der Waals surface area contributed by atoms with Gasteiger partial charge in [-0.1, -0.05) is 37.6 Å². The van der Waals surface area contributed by atoms with Gasteiger partial charge < -0.3 is 0 Å². The molecule has 1 aliphatic rings. The Kier molecular flexibility index (Phi) is 2.92. The first-order valence-electron chi connectivity index (χ1n) is 4.61. The van der Waals surface area contributed by atoms with Crippen molar-refractivity contribution in [2.24, 2.45) is 11.8 Å². The fraction of sp³-hybridized carbons (Fsp3) is 0.636. The molecule has 2 atom stereocenters. The van der Waals surface area contributed by atoms with Crippen LogP contribution in [0.2, 0.25) is 0 Å². The summed E-state index contributed by atoms with van der Waals surface area (Å²) in [6, 6.07) is 0. The van der Waals surface area contributed by atoms with E-state index in [0.717, 1.165) is 5.92 Å². The fourth-order valence-corrected chi connectivity index (χ4v) is 1.36. The summed E-state index contributed by atoms with van der Waals surface area (Å²) in [6.45, 7) is 6.64. The van der Waals surface area contributed by atoms with Crippen LogP contribution in [0.4, 0.5) is 0 Å². The predicted molar refractivity (Wildman–Crippen MR) is 50.5 cm³/mol. The maximum Gasteiger partial charge on any atom is -0.00534 e. The Morgan fingerprint density at radius 2 is 2.27 bits per heavy atom. The van der Waals surface area contributed by atoms with Gasteiger partial charge in [0.2, 0.25) is 0 Å². The lowest BCUT2D eigenvalue weighted by Gasteiger charge is -2.00. The van der Waals surface area contributed by atoms with Crippen LogP contribution in [0.5, 0.6) is 0 Å². The smallest absolute Gasteiger partial charge is 0.00534 e. The summed E-state index contributed by atoms with van der Waals surface area (Å²) in [5, 5.41) is 0. The predicted octanol–water partition coefficient (Wildman–Crippen LogP) is 3.55. The molecule has 0 heterocycles. The summed E-state index contributed by atoms with van der Waals surface area (Å²) in [4.78, 5) is 0. The minimum Gasteiger partial charge on any atom is -0.0911 e. The van der Waals surface area contributed by atoms with Crippen LogP contribution in [0, 0.1) is 11.8 Å². The summed E-state index contributed by atoms with van der Waals surface area (Å²) in [7, 11) is 0. The van der Waals surface area contributed by atoms with Gasteiger partial charge in [-0.05, 0) is 31.6 Å². The lowest BCUT2D eigenvalue weighted by Crippen LogP contribution is -1.87. The van der Waals surface area contributed by atoms with Gasteiger partial charge in [-0.25, -0.2) is 0 Å². The normalized spacial score (nSPS) is 29.7. The van der Waals surface area contributed by atoms with Crippen molar-refractivity contribution < 1.29 is 0 Å². The van der Waals surface area contributed by atoms with Crippen molar-refractivity contribution in [3.8, 4) is 0 Å². The van der Waals surface area contributed by atoms with Crippen molar-refractivity contribution in [1.29, 1.82) is 0 Å². The van der Waals surface area contributed by atoms with Crippen LogP contribution in [0.25, 0.3) is 0 Å². The van der Waals surface area contributed by atoms with Crippen LogP contribution in [0.3, 0.4) is 0 Å². The van der Waals surface area contributed by atoms with Crippen molar-refractivity contribution in [3.63, 3.8) is 0 Å². The van der Waals surface area contributed by atoms with E-state index in [1.807, 2.05) is 0 Å². The molecule has 0 aromatic carbocycles. The van der Waals surface area contributed by atoms with E-state index < -0.39 is 0 Å². The average Bonchev–Trinajstić information content (AvgIpc) is 2.66. The van der Waals surface area contributed by atoms with E-state index >= 15 is 0 Å². The van der Waals surface area contributed by atoms with Crippen molar-refractivity contribution in [3.05, 3.63) is 23.8 Å². The average molecular weight is 150 g/mol. The monoisotopic (exact) mass is 150 g/mol. The van der Waals surface area contributed by atoms with Crippen LogP contribution >= 0.6 is 0 Å². The first kappa shape index (κ1) is 8.58. The third-order valence-electron chi connectivity index (χ3n) is 2.35. The molecular weight excluding hydrogens is 132 g/mol. The quantitative estimate of drug-likeness (QED) is 0.540. The second-order valence-electron chi connectivity index (χ2n) is 3.44. The third-order valence-corrected chi connectivity index (χ3v) is 2.35. The molecule has 1 rings (SSSR count). The summed E-state index contributed by atoms with van der Waals surface area (Å²) >= 11 is 0. The van der Waals surface area contributed by atoms with E-state index in [4.69, 9.17) is 0 Å². The Bertz CT molecular complexity index is 174. The molecule has 0 saturated heterocycles. The molecule has 0 heteroatoms. The Labute approximate surface area is 70.0 Å². The molecule has 0 bridgehead atoms. The summed E-state index contributed by atoms with van der Waals surface area (Å²) < 4.78 is 0. The molecule has 0 amide bonds. The van der Waals surface area contributed by atoms with E-state index in [0.29, 0.717) is 5.92 Å². The van der Waals surface area contributed by atoms with Crippen LogP contribution in [-0.2, 0) is 0 Å². The summed E-state index contributed by atoms with van der Waals surface area (Å²) in [6.07, 6.45) is 9.45. The van der Waals surface area contributed by atoms with Gasteiger partial charge in [-0.15, -0.1) is 0 Å². The second-order valence-corrected chi connectivity index (χ2v) is 3.44. The highest BCUT2D eigenvalue weighted by Crippen LogP contribution is 2.38. The van der Waals surface area contributed by atoms with E-state index in [1.165, 1.54) is 12.8 Å². The zero-order valence-electron chi connectivity index (χ0n) is 7.80. The molecule has 62 valence electrons. The first-order chi connectivity index (χ1) is 5.27. The first-order valence-corrected chi connectivity index (χ1v) is 4.61. The van der Waals surface area contributed by atoms with Gasteiger partial charge in [0, 0.05) is 0 Å². The molecule has 1 fully saturated rings. The van der Waals surface area contributed by atoms with E-state index in [1.54, 1.807) is 5.57 Å². The second kappa shape index (κ2) is 3.75. The zero-order chi connectivity index (χ0) is 8.27. The van der Waals surface area contributed by atoms with Gasteiger partial charge in [0.05, 0.1) is 0 Å². The molecule has 0 aromatic rings. The number of hydrogen-bond donors (Lipinski definition) is 0. The highest BCUT2D eigenvalue weighted by molar-refractivity contribution is 5.24. The molecule has 11 heavy (non-hydrogen) atoms. The Balaban J connectivity index is 2.44. The van der Waals surface area contributed by atoms with Gasteiger partial charge in [-0.2, -0.15) is 0 Å². The van der Waals surface area contributed by atoms with Gasteiger partial charge in [0.15, 0.2) is 0 Å². The minimum atomic E-state index is 0.694. The lowest BCUT2D eigenvalue weighted by atomic mass is 10.1. The van der Waals surface area contributed by atoms with Crippen LogP contribution in [-0.4, -0.2) is 0 Å². The van der Waals surface area contributed by atoms with Crippen LogP contribution in [0.1, 0.15) is 33.6 Å². The van der Waals surface area contributed by atoms with Crippen molar-refractivity contribution in [2.75, 3.05) is 0 Å². The molecule has 2 unspecified atom stereocenters. The molecule has 0 nitrogen and oxygen atoms in total. The number of hydrogen-bond acceptors (Lipinski definition) is 0. The summed E-state index contributed by atoms with van der Waals surface area (Å²) in [5.74, 6) is 1.58. The topological polar surface area (TPSA) is 0 Å². The highest BCUT2D eigenvalue weighted by atomic mass is 14.3. The molecular formula is C11H18. The molecule has 0 radical (unpaired) electrons. The fourth-order valence-electron chi connectivity index (χ4n) is 1.36. The van der Waals surface area contributed by atoms with Crippen molar-refractivity contribution in [2.45, 2.75) is 33.6 Å². The molecule has 1 saturated carbocycles. The van der Waals surface area contributed by atoms with Crippen LogP contribution < -0.4 is 0 Å². The van der Waals surface area contributed by atoms with Crippen molar-refractivity contribution in [1.82, 2.24) is 0 Å². The third kappa shape index (κ3) is 2.53. The Morgan fingerprint density at radius 1 is 1.64 bits per heavy atom. The number of allylic oxidation sites excluding steroid dienone is 4. The molecule has 0 aliphatic heterocycles. The Hall–Kier alpha value is -0.520. The standard InChI is InChI=1S/C11H18/c1-4-6-10(5-2)8-11-7-9(11)3/h4,6,8-10H,5,7H2,1-3H3. The van der Waals surface area contributed by atoms with Crippen LogP contribution in [0.15, 0.2) is 23.8 Å². The SMILES string of the molecule is CC=CC(C=C1CC1C)CC.